The van der Waals surface area contributed by atoms with Crippen LogP contribution in [0.1, 0.15) is 42.9 Å². The first kappa shape index (κ1) is 17.4. The van der Waals surface area contributed by atoms with Gasteiger partial charge in [0.2, 0.25) is 17.7 Å². The van der Waals surface area contributed by atoms with Gasteiger partial charge in [-0.3, -0.25) is 4.79 Å². The summed E-state index contributed by atoms with van der Waals surface area (Å²) < 4.78 is 11.3. The number of allylic oxidation sites excluding steroid dienone is 1. The number of amides is 1. The number of morpholine rings is 1. The number of benzene rings is 1. The van der Waals surface area contributed by atoms with Crippen LogP contribution < -0.4 is 0 Å². The predicted octanol–water partition coefficient (Wildman–Crippen LogP) is 3.08. The normalized spacial score (nSPS) is 21.4. The van der Waals surface area contributed by atoms with Gasteiger partial charge in [0, 0.05) is 19.5 Å². The minimum absolute atomic E-state index is 0.0304. The fourth-order valence-electron chi connectivity index (χ4n) is 3.08. The molecule has 25 heavy (non-hydrogen) atoms. The maximum absolute atomic E-state index is 12.7. The first-order valence-corrected chi connectivity index (χ1v) is 8.42. The second-order valence-corrected chi connectivity index (χ2v) is 6.48. The lowest BCUT2D eigenvalue weighted by molar-refractivity contribution is -0.141. The zero-order valence-corrected chi connectivity index (χ0v) is 15.0. The van der Waals surface area contributed by atoms with Crippen LogP contribution >= 0.6 is 0 Å². The molecule has 1 fully saturated rings. The topological polar surface area (TPSA) is 68.5 Å². The van der Waals surface area contributed by atoms with Gasteiger partial charge in [0.15, 0.2) is 6.10 Å². The van der Waals surface area contributed by atoms with Crippen molar-refractivity contribution in [3.05, 3.63) is 53.2 Å². The lowest BCUT2D eigenvalue weighted by Gasteiger charge is -2.34. The maximum atomic E-state index is 12.7. The molecule has 3 rings (SSSR count). The van der Waals surface area contributed by atoms with E-state index in [0.717, 1.165) is 16.7 Å². The number of ether oxygens (including phenoxy) is 1. The minimum Gasteiger partial charge on any atom is -0.423 e. The number of rotatable bonds is 3. The number of carbonyl (C=O) groups excluding carboxylic acids is 1. The van der Waals surface area contributed by atoms with E-state index >= 15 is 0 Å². The lowest BCUT2D eigenvalue weighted by Crippen LogP contribution is -2.45. The fourth-order valence-corrected chi connectivity index (χ4v) is 3.08. The number of aryl methyl sites for hydroxylation is 2. The van der Waals surface area contributed by atoms with Crippen LogP contribution in [0.25, 0.3) is 5.57 Å². The van der Waals surface area contributed by atoms with Gasteiger partial charge < -0.3 is 14.1 Å². The van der Waals surface area contributed by atoms with E-state index in [1.54, 1.807) is 17.9 Å². The molecule has 1 aromatic heterocycles. The Morgan fingerprint density at radius 1 is 1.24 bits per heavy atom. The number of hydrogen-bond acceptors (Lipinski definition) is 5. The molecule has 1 aromatic carbocycles. The summed E-state index contributed by atoms with van der Waals surface area (Å²) in [5.41, 5.74) is 3.19. The third kappa shape index (κ3) is 3.96. The van der Waals surface area contributed by atoms with Crippen LogP contribution in [0.2, 0.25) is 0 Å². The van der Waals surface area contributed by atoms with Crippen LogP contribution in [-0.4, -0.2) is 40.2 Å². The van der Waals surface area contributed by atoms with E-state index < -0.39 is 0 Å². The summed E-state index contributed by atoms with van der Waals surface area (Å²) in [6, 6.07) is 8.05. The van der Waals surface area contributed by atoms with Crippen LogP contribution in [0.4, 0.5) is 0 Å². The van der Waals surface area contributed by atoms with E-state index in [1.807, 2.05) is 45.0 Å². The molecule has 0 radical (unpaired) electrons. The van der Waals surface area contributed by atoms with Crippen LogP contribution in [0.15, 0.2) is 34.8 Å². The Labute approximate surface area is 147 Å². The van der Waals surface area contributed by atoms with E-state index in [4.69, 9.17) is 9.15 Å². The SMILES string of the molecule is C/C(=C\C(=O)N1C[C@@H](C)O[C@@H](c2nnc(C)o2)C1)c1ccccc1C. The molecule has 2 heterocycles. The highest BCUT2D eigenvalue weighted by atomic mass is 16.5. The van der Waals surface area contributed by atoms with E-state index in [0.29, 0.717) is 24.9 Å². The van der Waals surface area contributed by atoms with E-state index in [1.165, 1.54) is 0 Å². The average molecular weight is 341 g/mol. The molecule has 0 spiro atoms. The number of hydrogen-bond donors (Lipinski definition) is 0. The Morgan fingerprint density at radius 3 is 2.68 bits per heavy atom. The van der Waals surface area contributed by atoms with Crippen LogP contribution in [0, 0.1) is 13.8 Å². The standard InChI is InChI=1S/C19H23N3O3/c1-12-7-5-6-8-16(12)13(2)9-18(23)22-10-14(3)24-17(11-22)19-21-20-15(4)25-19/h5-9,14,17H,10-11H2,1-4H3/b13-9+/t14-,17-/m1/s1. The molecule has 0 unspecified atom stereocenters. The summed E-state index contributed by atoms with van der Waals surface area (Å²) in [6.07, 6.45) is 1.21. The van der Waals surface area contributed by atoms with Crippen molar-refractivity contribution in [2.24, 2.45) is 0 Å². The molecule has 1 amide bonds. The fraction of sp³-hybridized carbons (Fsp3) is 0.421. The Balaban J connectivity index is 1.77. The molecule has 0 bridgehead atoms. The minimum atomic E-state index is -0.388. The average Bonchev–Trinajstić information content (AvgIpc) is 3.01. The molecule has 0 saturated carbocycles. The van der Waals surface area contributed by atoms with Crippen molar-refractivity contribution in [3.63, 3.8) is 0 Å². The molecule has 2 atom stereocenters. The molecule has 1 aliphatic rings. The zero-order chi connectivity index (χ0) is 18.0. The maximum Gasteiger partial charge on any atom is 0.247 e. The molecular formula is C19H23N3O3. The van der Waals surface area contributed by atoms with Crippen molar-refractivity contribution in [2.45, 2.75) is 39.9 Å². The van der Waals surface area contributed by atoms with Gasteiger partial charge in [-0.15, -0.1) is 10.2 Å². The summed E-state index contributed by atoms with van der Waals surface area (Å²) in [7, 11) is 0. The van der Waals surface area contributed by atoms with Crippen molar-refractivity contribution in [1.82, 2.24) is 15.1 Å². The predicted molar refractivity (Wildman–Crippen MR) is 93.7 cm³/mol. The zero-order valence-electron chi connectivity index (χ0n) is 15.0. The van der Waals surface area contributed by atoms with Gasteiger partial charge in [0.1, 0.15) is 0 Å². The number of carbonyl (C=O) groups is 1. The second kappa shape index (κ2) is 7.19. The van der Waals surface area contributed by atoms with Gasteiger partial charge in [0.05, 0.1) is 12.6 Å². The third-order valence-electron chi connectivity index (χ3n) is 4.30. The van der Waals surface area contributed by atoms with Gasteiger partial charge in [-0.1, -0.05) is 24.3 Å². The van der Waals surface area contributed by atoms with Gasteiger partial charge in [-0.25, -0.2) is 0 Å². The van der Waals surface area contributed by atoms with Crippen molar-refractivity contribution in [1.29, 1.82) is 0 Å². The van der Waals surface area contributed by atoms with Crippen LogP contribution in [0.5, 0.6) is 0 Å². The van der Waals surface area contributed by atoms with E-state index in [-0.39, 0.29) is 18.1 Å². The molecule has 0 aliphatic carbocycles. The Hall–Kier alpha value is -2.47. The molecule has 2 aromatic rings. The van der Waals surface area contributed by atoms with Crippen LogP contribution in [-0.2, 0) is 9.53 Å². The molecule has 132 valence electrons. The highest BCUT2D eigenvalue weighted by Gasteiger charge is 2.31. The molecule has 1 aliphatic heterocycles. The summed E-state index contributed by atoms with van der Waals surface area (Å²) >= 11 is 0. The third-order valence-corrected chi connectivity index (χ3v) is 4.30. The second-order valence-electron chi connectivity index (χ2n) is 6.48. The smallest absolute Gasteiger partial charge is 0.247 e. The summed E-state index contributed by atoms with van der Waals surface area (Å²) in [6.45, 7) is 8.63. The van der Waals surface area contributed by atoms with Crippen molar-refractivity contribution >= 4 is 11.5 Å². The monoisotopic (exact) mass is 341 g/mol. The summed E-state index contributed by atoms with van der Waals surface area (Å²) in [5.74, 6) is 0.878. The van der Waals surface area contributed by atoms with Gasteiger partial charge in [-0.05, 0) is 37.5 Å². The summed E-state index contributed by atoms with van der Waals surface area (Å²) in [5, 5.41) is 7.87. The number of nitrogens with zero attached hydrogens (tertiary/aromatic N) is 3. The van der Waals surface area contributed by atoms with E-state index in [2.05, 4.69) is 10.2 Å². The Morgan fingerprint density at radius 2 is 2.00 bits per heavy atom. The lowest BCUT2D eigenvalue weighted by atomic mass is 10.0. The molecular weight excluding hydrogens is 318 g/mol. The highest BCUT2D eigenvalue weighted by molar-refractivity contribution is 5.95. The van der Waals surface area contributed by atoms with Gasteiger partial charge in [-0.2, -0.15) is 0 Å². The van der Waals surface area contributed by atoms with Crippen molar-refractivity contribution in [3.8, 4) is 0 Å². The highest BCUT2D eigenvalue weighted by Crippen LogP contribution is 2.25. The molecule has 6 heteroatoms. The largest absolute Gasteiger partial charge is 0.423 e. The van der Waals surface area contributed by atoms with Gasteiger partial charge in [0.25, 0.3) is 0 Å². The first-order valence-electron chi connectivity index (χ1n) is 8.42. The Kier molecular flexibility index (Phi) is 4.99. The molecule has 1 saturated heterocycles. The van der Waals surface area contributed by atoms with Crippen molar-refractivity contribution in [2.75, 3.05) is 13.1 Å². The van der Waals surface area contributed by atoms with E-state index in [9.17, 15) is 4.79 Å². The van der Waals surface area contributed by atoms with Gasteiger partial charge >= 0.3 is 0 Å². The quantitative estimate of drug-likeness (QED) is 0.803. The molecule has 6 nitrogen and oxygen atoms in total. The van der Waals surface area contributed by atoms with Crippen molar-refractivity contribution < 1.29 is 13.9 Å². The Bertz CT molecular complexity index is 797. The van der Waals surface area contributed by atoms with Crippen LogP contribution in [0.3, 0.4) is 0 Å². The summed E-state index contributed by atoms with van der Waals surface area (Å²) in [4.78, 5) is 14.5. The number of aromatic nitrogens is 2. The molecule has 0 N–H and O–H groups in total. The first-order chi connectivity index (χ1) is 11.9.